The highest BCUT2D eigenvalue weighted by molar-refractivity contribution is 8.00. The van der Waals surface area contributed by atoms with Crippen LogP contribution in [0.15, 0.2) is 231 Å². The summed E-state index contributed by atoms with van der Waals surface area (Å²) in [5.41, 5.74) is 8.26. The molecule has 0 saturated heterocycles. The third-order valence-electron chi connectivity index (χ3n) is 13.2. The van der Waals surface area contributed by atoms with Crippen LogP contribution in [0.1, 0.15) is 63.3 Å². The number of amides is 3. The number of carbonyl (C=O) groups excluding carboxylic acids is 3. The van der Waals surface area contributed by atoms with Crippen LogP contribution in [0.2, 0.25) is 0 Å². The van der Waals surface area contributed by atoms with E-state index in [9.17, 15) is 24.3 Å². The molecular formula is C61H53N3O6S. The van der Waals surface area contributed by atoms with Crippen LogP contribution in [-0.2, 0) is 29.4 Å². The largest absolute Gasteiger partial charge is 0.480 e. The van der Waals surface area contributed by atoms with E-state index in [4.69, 9.17) is 4.74 Å². The van der Waals surface area contributed by atoms with Crippen LogP contribution in [0.3, 0.4) is 0 Å². The van der Waals surface area contributed by atoms with Crippen molar-refractivity contribution >= 4 is 35.6 Å². The van der Waals surface area contributed by atoms with Gasteiger partial charge in [0, 0.05) is 18.1 Å². The van der Waals surface area contributed by atoms with E-state index in [1.165, 1.54) is 11.8 Å². The van der Waals surface area contributed by atoms with Crippen molar-refractivity contribution in [2.24, 2.45) is 0 Å². The first-order chi connectivity index (χ1) is 34.8. The Hall–Kier alpha value is -8.21. The monoisotopic (exact) mass is 955 g/mol. The van der Waals surface area contributed by atoms with Gasteiger partial charge in [0.2, 0.25) is 11.8 Å². The number of rotatable bonds is 19. The minimum Gasteiger partial charge on any atom is -0.480 e. The molecule has 0 aliphatic heterocycles. The van der Waals surface area contributed by atoms with Gasteiger partial charge in [0.05, 0.1) is 4.75 Å². The lowest BCUT2D eigenvalue weighted by Gasteiger charge is -2.37. The fourth-order valence-corrected chi connectivity index (χ4v) is 11.4. The van der Waals surface area contributed by atoms with Crippen LogP contribution in [0.5, 0.6) is 0 Å². The van der Waals surface area contributed by atoms with Gasteiger partial charge < -0.3 is 25.8 Å². The molecule has 0 radical (unpaired) electrons. The summed E-state index contributed by atoms with van der Waals surface area (Å²) in [4.78, 5) is 56.5. The molecule has 0 unspecified atom stereocenters. The van der Waals surface area contributed by atoms with E-state index in [2.05, 4.69) is 16.0 Å². The van der Waals surface area contributed by atoms with Crippen molar-refractivity contribution < 1.29 is 29.0 Å². The van der Waals surface area contributed by atoms with Gasteiger partial charge in [0.25, 0.3) is 0 Å². The molecule has 10 heteroatoms. The van der Waals surface area contributed by atoms with Gasteiger partial charge in [0.1, 0.15) is 24.2 Å². The minimum absolute atomic E-state index is 0.0165. The molecule has 9 nitrogen and oxygen atoms in total. The first-order valence-corrected chi connectivity index (χ1v) is 24.7. The highest BCUT2D eigenvalue weighted by Crippen LogP contribution is 2.49. The summed E-state index contributed by atoms with van der Waals surface area (Å²) in [6, 6.07) is 71.8. The number of fused-ring (bicyclic) bond motifs is 3. The van der Waals surface area contributed by atoms with Crippen LogP contribution >= 0.6 is 11.8 Å². The molecule has 4 N–H and O–H groups in total. The Labute approximate surface area is 418 Å². The van der Waals surface area contributed by atoms with Crippen molar-refractivity contribution in [1.29, 1.82) is 0 Å². The summed E-state index contributed by atoms with van der Waals surface area (Å²) >= 11 is 1.39. The average molecular weight is 956 g/mol. The van der Waals surface area contributed by atoms with Crippen molar-refractivity contribution in [3.8, 4) is 11.1 Å². The Balaban J connectivity index is 1.000. The van der Waals surface area contributed by atoms with Gasteiger partial charge in [-0.1, -0.05) is 231 Å². The van der Waals surface area contributed by atoms with Gasteiger partial charge in [-0.3, -0.25) is 9.59 Å². The van der Waals surface area contributed by atoms with E-state index in [1.54, 1.807) is 0 Å². The first-order valence-electron chi connectivity index (χ1n) is 23.7. The standard InChI is InChI=1S/C61H53N3O6S/c65-56(64-60(43-23-7-1-8-24-43,44-25-9-2-10-26-44)45-27-11-3-12-28-45)40-39-54(63-59(69)70-41-53-51-37-21-19-35-49(51)50-36-20-22-38-52(50)53)57(66)62-55(58(67)68)42-71-61(46-29-13-4-14-30-46,47-31-15-5-16-32-47)48-33-17-6-18-34-48/h1-38,53-55H,39-42H2,(H,62,66)(H,63,69)(H,64,65)(H,67,68)/t54-,55-/m0/s1. The number of carboxylic acids is 1. The number of aliphatic carboxylic acids is 1. The molecule has 354 valence electrons. The summed E-state index contributed by atoms with van der Waals surface area (Å²) in [5, 5.41) is 19.7. The van der Waals surface area contributed by atoms with Gasteiger partial charge in [-0.25, -0.2) is 9.59 Å². The lowest BCUT2D eigenvalue weighted by Crippen LogP contribution is -2.53. The predicted octanol–water partition coefficient (Wildman–Crippen LogP) is 11.1. The van der Waals surface area contributed by atoms with Crippen LogP contribution in [0, 0.1) is 0 Å². The Morgan fingerprint density at radius 3 is 1.28 bits per heavy atom. The second-order valence-corrected chi connectivity index (χ2v) is 18.7. The molecule has 3 amide bonds. The zero-order valence-electron chi connectivity index (χ0n) is 38.9. The molecule has 0 fully saturated rings. The summed E-state index contributed by atoms with van der Waals surface area (Å²) < 4.78 is 5.05. The first kappa shape index (κ1) is 47.8. The fourth-order valence-electron chi connectivity index (χ4n) is 9.80. The van der Waals surface area contributed by atoms with Crippen molar-refractivity contribution in [3.63, 3.8) is 0 Å². The number of hydrogen-bond donors (Lipinski definition) is 4. The maximum absolute atomic E-state index is 14.7. The third kappa shape index (κ3) is 10.3. The second kappa shape index (κ2) is 22.0. The Morgan fingerprint density at radius 2 is 0.873 bits per heavy atom. The molecule has 0 spiro atoms. The maximum atomic E-state index is 14.7. The van der Waals surface area contributed by atoms with E-state index < -0.39 is 46.2 Å². The number of hydrogen-bond acceptors (Lipinski definition) is 6. The van der Waals surface area contributed by atoms with Crippen molar-refractivity contribution in [3.05, 3.63) is 275 Å². The molecule has 0 aromatic heterocycles. The van der Waals surface area contributed by atoms with Crippen LogP contribution in [-0.4, -0.2) is 53.4 Å². The van der Waals surface area contributed by atoms with Gasteiger partial charge in [-0.05, 0) is 62.1 Å². The lowest BCUT2D eigenvalue weighted by atomic mass is 9.77. The molecule has 8 aromatic rings. The zero-order chi connectivity index (χ0) is 49.0. The number of ether oxygens (including phenoxy) is 1. The van der Waals surface area contributed by atoms with E-state index in [0.29, 0.717) is 0 Å². The molecule has 2 atom stereocenters. The molecule has 0 bridgehead atoms. The molecule has 0 heterocycles. The van der Waals surface area contributed by atoms with Crippen molar-refractivity contribution in [2.75, 3.05) is 12.4 Å². The van der Waals surface area contributed by atoms with Gasteiger partial charge >= 0.3 is 12.1 Å². The molecule has 0 saturated carbocycles. The normalized spacial score (nSPS) is 12.9. The molecular weight excluding hydrogens is 903 g/mol. The number of benzene rings is 8. The zero-order valence-corrected chi connectivity index (χ0v) is 39.7. The fraction of sp³-hybridized carbons (Fsp3) is 0.148. The topological polar surface area (TPSA) is 134 Å². The minimum atomic E-state index is -1.41. The van der Waals surface area contributed by atoms with Crippen molar-refractivity contribution in [1.82, 2.24) is 16.0 Å². The Kier molecular flexibility index (Phi) is 14.8. The van der Waals surface area contributed by atoms with Crippen molar-refractivity contribution in [2.45, 2.75) is 41.1 Å². The molecule has 1 aliphatic carbocycles. The maximum Gasteiger partial charge on any atom is 0.407 e. The highest BCUT2D eigenvalue weighted by Gasteiger charge is 2.41. The summed E-state index contributed by atoms with van der Waals surface area (Å²) in [6.45, 7) is -0.0165. The predicted molar refractivity (Wildman–Crippen MR) is 280 cm³/mol. The highest BCUT2D eigenvalue weighted by atomic mass is 32.2. The third-order valence-corrected chi connectivity index (χ3v) is 14.8. The lowest BCUT2D eigenvalue weighted by molar-refractivity contribution is -0.141. The summed E-state index contributed by atoms with van der Waals surface area (Å²) in [6.07, 6.45) is -1.28. The van der Waals surface area contributed by atoms with Gasteiger partial charge in [-0.2, -0.15) is 0 Å². The SMILES string of the molecule is O=C(CC[C@H](NC(=O)OCC1c2ccccc2-c2ccccc21)C(=O)N[C@@H](CSC(c1ccccc1)(c1ccccc1)c1ccccc1)C(=O)O)NC(c1ccccc1)(c1ccccc1)c1ccccc1. The smallest absolute Gasteiger partial charge is 0.407 e. The van der Waals surface area contributed by atoms with Gasteiger partial charge in [0.15, 0.2) is 0 Å². The number of nitrogens with one attached hydrogen (secondary N) is 3. The Morgan fingerprint density at radius 1 is 0.493 bits per heavy atom. The van der Waals surface area contributed by atoms with E-state index >= 15 is 0 Å². The quantitative estimate of drug-likeness (QED) is 0.0593. The summed E-state index contributed by atoms with van der Waals surface area (Å²) in [5.74, 6) is -2.75. The van der Waals surface area contributed by atoms with Crippen LogP contribution in [0.4, 0.5) is 4.79 Å². The average Bonchev–Trinajstić information content (AvgIpc) is 3.75. The Bertz CT molecular complexity index is 2830. The van der Waals surface area contributed by atoms with Crippen LogP contribution < -0.4 is 16.0 Å². The molecule has 1 aliphatic rings. The van der Waals surface area contributed by atoms with Crippen LogP contribution in [0.25, 0.3) is 11.1 Å². The van der Waals surface area contributed by atoms with E-state index in [1.807, 2.05) is 231 Å². The number of thioether (sulfide) groups is 1. The number of carbonyl (C=O) groups is 4. The molecule has 8 aromatic carbocycles. The molecule has 9 rings (SSSR count). The molecule has 71 heavy (non-hydrogen) atoms. The second-order valence-electron chi connectivity index (χ2n) is 17.4. The van der Waals surface area contributed by atoms with E-state index in [0.717, 1.165) is 55.6 Å². The van der Waals surface area contributed by atoms with Gasteiger partial charge in [-0.15, -0.1) is 11.8 Å². The summed E-state index contributed by atoms with van der Waals surface area (Å²) in [7, 11) is 0. The van der Waals surface area contributed by atoms with E-state index in [-0.39, 0.29) is 31.1 Å². The number of carboxylic acid groups (broad SMARTS) is 1. The number of alkyl carbamates (subject to hydrolysis) is 1.